The standard InChI is InChI=1S/C10H13NOS3/c1-7-2-4-8(5-3-7)9(11(14)15)6-10(12)13/h2-5,9,14-15H,6H2,1H3,(H,12,13). The Morgan fingerprint density at radius 2 is 1.87 bits per heavy atom. The van der Waals surface area contributed by atoms with Crippen molar-refractivity contribution in [1.29, 1.82) is 0 Å². The van der Waals surface area contributed by atoms with Crippen molar-refractivity contribution >= 4 is 43.4 Å². The molecule has 1 atom stereocenters. The number of rotatable bonds is 4. The highest BCUT2D eigenvalue weighted by atomic mass is 32.2. The third-order valence-electron chi connectivity index (χ3n) is 2.11. The van der Waals surface area contributed by atoms with E-state index in [0.717, 1.165) is 5.56 Å². The van der Waals surface area contributed by atoms with Crippen molar-refractivity contribution in [2.75, 3.05) is 0 Å². The summed E-state index contributed by atoms with van der Waals surface area (Å²) in [6.45, 7) is 2.02. The van der Waals surface area contributed by atoms with Gasteiger partial charge in [-0.2, -0.15) is 3.71 Å². The van der Waals surface area contributed by atoms with Crippen LogP contribution in [0.4, 0.5) is 0 Å². The number of thiol groups is 3. The number of nitrogens with zero attached hydrogens (tertiary/aromatic N) is 1. The van der Waals surface area contributed by atoms with Gasteiger partial charge in [-0.25, -0.2) is 0 Å². The molecule has 5 heteroatoms. The highest BCUT2D eigenvalue weighted by Crippen LogP contribution is 2.28. The summed E-state index contributed by atoms with van der Waals surface area (Å²) in [4.78, 5) is 11.0. The third-order valence-corrected chi connectivity index (χ3v) is 2.85. The van der Waals surface area contributed by atoms with Crippen molar-refractivity contribution < 1.29 is 4.79 Å². The number of hydrogen-bond donors (Lipinski definition) is 3. The first kappa shape index (κ1) is 13.0. The summed E-state index contributed by atoms with van der Waals surface area (Å²) in [5, 5.41) is -0.173. The van der Waals surface area contributed by atoms with E-state index < -0.39 is 0 Å². The molecular formula is C10H13NOS3. The van der Waals surface area contributed by atoms with Crippen LogP contribution in [-0.2, 0) is 4.79 Å². The lowest BCUT2D eigenvalue weighted by molar-refractivity contribution is -0.111. The molecule has 0 saturated heterocycles. The van der Waals surface area contributed by atoms with Gasteiger partial charge in [-0.15, -0.1) is 12.6 Å². The number of hydrogen-bond acceptors (Lipinski definition) is 4. The molecule has 0 heterocycles. The summed E-state index contributed by atoms with van der Waals surface area (Å²) in [7, 11) is 0. The average Bonchev–Trinajstić information content (AvgIpc) is 2.15. The maximum Gasteiger partial charge on any atom is 0.187 e. The number of benzene rings is 1. The molecule has 15 heavy (non-hydrogen) atoms. The highest BCUT2D eigenvalue weighted by molar-refractivity contribution is 7.96. The van der Waals surface area contributed by atoms with Crippen LogP contribution in [-0.4, -0.2) is 8.83 Å². The van der Waals surface area contributed by atoms with Gasteiger partial charge in [-0.1, -0.05) is 55.5 Å². The number of carbonyl (C=O) groups excluding carboxylic acids is 1. The maximum atomic E-state index is 11.0. The summed E-state index contributed by atoms with van der Waals surface area (Å²) >= 11 is 12.0. The van der Waals surface area contributed by atoms with Gasteiger partial charge >= 0.3 is 0 Å². The monoisotopic (exact) mass is 259 g/mol. The van der Waals surface area contributed by atoms with Crippen molar-refractivity contribution in [1.82, 2.24) is 3.71 Å². The van der Waals surface area contributed by atoms with Gasteiger partial charge in [-0.3, -0.25) is 4.79 Å². The van der Waals surface area contributed by atoms with Crippen LogP contribution >= 0.6 is 38.3 Å². The Hall–Kier alpha value is -0.100. The molecule has 0 aliphatic carbocycles. The summed E-state index contributed by atoms with van der Waals surface area (Å²) < 4.78 is 1.43. The van der Waals surface area contributed by atoms with Gasteiger partial charge in [0.25, 0.3) is 0 Å². The molecule has 1 aromatic rings. The molecule has 0 spiro atoms. The lowest BCUT2D eigenvalue weighted by atomic mass is 10.0. The van der Waals surface area contributed by atoms with Crippen LogP contribution in [0.25, 0.3) is 0 Å². The molecule has 0 aromatic heterocycles. The summed E-state index contributed by atoms with van der Waals surface area (Å²) in [6.07, 6.45) is 0.291. The Bertz CT molecular complexity index is 337. The topological polar surface area (TPSA) is 20.3 Å². The van der Waals surface area contributed by atoms with Gasteiger partial charge in [0.2, 0.25) is 0 Å². The second-order valence-corrected chi connectivity index (χ2v) is 5.02. The van der Waals surface area contributed by atoms with Crippen LogP contribution in [0.1, 0.15) is 23.6 Å². The molecule has 1 rings (SSSR count). The summed E-state index contributed by atoms with van der Waals surface area (Å²) in [6, 6.07) is 7.78. The van der Waals surface area contributed by atoms with Crippen LogP contribution in [0.2, 0.25) is 0 Å². The molecule has 1 unspecified atom stereocenters. The molecule has 0 fully saturated rings. The van der Waals surface area contributed by atoms with E-state index in [-0.39, 0.29) is 11.2 Å². The Balaban J connectivity index is 2.88. The Labute approximate surface area is 107 Å². The normalized spacial score (nSPS) is 12.9. The number of aryl methyl sites for hydroxylation is 1. The highest BCUT2D eigenvalue weighted by Gasteiger charge is 2.17. The predicted molar refractivity (Wildman–Crippen MR) is 72.3 cm³/mol. The van der Waals surface area contributed by atoms with Gasteiger partial charge in [0.15, 0.2) is 5.12 Å². The fourth-order valence-corrected chi connectivity index (χ4v) is 1.89. The minimum absolute atomic E-state index is 0.151. The van der Waals surface area contributed by atoms with E-state index in [1.807, 2.05) is 31.2 Å². The fraction of sp³-hybridized carbons (Fsp3) is 0.300. The zero-order valence-electron chi connectivity index (χ0n) is 8.29. The molecule has 0 aliphatic heterocycles. The molecule has 0 radical (unpaired) electrons. The largest absolute Gasteiger partial charge is 0.287 e. The SMILES string of the molecule is Cc1ccc(C(CC(=O)S)N(S)S)cc1. The quantitative estimate of drug-likeness (QED) is 0.723. The Kier molecular flexibility index (Phi) is 5.05. The first-order valence-corrected chi connectivity index (χ1v) is 5.70. The van der Waals surface area contributed by atoms with Gasteiger partial charge in [0.05, 0.1) is 6.04 Å². The maximum absolute atomic E-state index is 11.0. The molecule has 0 amide bonds. The minimum atomic E-state index is -0.173. The molecule has 82 valence electrons. The van der Waals surface area contributed by atoms with Crippen LogP contribution in [0.15, 0.2) is 24.3 Å². The predicted octanol–water partition coefficient (Wildman–Crippen LogP) is 2.87. The fourth-order valence-electron chi connectivity index (χ4n) is 1.29. The third kappa shape index (κ3) is 4.10. The van der Waals surface area contributed by atoms with Crippen LogP contribution < -0.4 is 0 Å². The first-order chi connectivity index (χ1) is 7.00. The zero-order chi connectivity index (χ0) is 11.4. The second kappa shape index (κ2) is 5.84. The van der Waals surface area contributed by atoms with E-state index in [4.69, 9.17) is 0 Å². The van der Waals surface area contributed by atoms with E-state index in [1.165, 1.54) is 9.27 Å². The molecule has 2 nitrogen and oxygen atoms in total. The number of carbonyl (C=O) groups is 1. The van der Waals surface area contributed by atoms with Crippen LogP contribution in [0.5, 0.6) is 0 Å². The molecule has 0 aliphatic rings. The lowest BCUT2D eigenvalue weighted by Crippen LogP contribution is -2.13. The minimum Gasteiger partial charge on any atom is -0.287 e. The molecule has 0 bridgehead atoms. The van der Waals surface area contributed by atoms with E-state index in [0.29, 0.717) is 6.42 Å². The van der Waals surface area contributed by atoms with Crippen LogP contribution in [0, 0.1) is 6.92 Å². The zero-order valence-corrected chi connectivity index (χ0v) is 11.0. The molecule has 0 N–H and O–H groups in total. The van der Waals surface area contributed by atoms with E-state index in [1.54, 1.807) is 0 Å². The lowest BCUT2D eigenvalue weighted by Gasteiger charge is -2.21. The van der Waals surface area contributed by atoms with E-state index in [2.05, 4.69) is 38.3 Å². The second-order valence-electron chi connectivity index (χ2n) is 3.34. The summed E-state index contributed by atoms with van der Waals surface area (Å²) in [5.74, 6) is 0. The molecule has 0 saturated carbocycles. The Morgan fingerprint density at radius 1 is 1.33 bits per heavy atom. The summed E-state index contributed by atoms with van der Waals surface area (Å²) in [5.41, 5.74) is 2.19. The van der Waals surface area contributed by atoms with Crippen molar-refractivity contribution in [3.63, 3.8) is 0 Å². The molecular weight excluding hydrogens is 246 g/mol. The van der Waals surface area contributed by atoms with Gasteiger partial charge in [0.1, 0.15) is 0 Å². The van der Waals surface area contributed by atoms with Crippen LogP contribution in [0.3, 0.4) is 0 Å². The van der Waals surface area contributed by atoms with E-state index >= 15 is 0 Å². The smallest absolute Gasteiger partial charge is 0.187 e. The van der Waals surface area contributed by atoms with Gasteiger partial charge < -0.3 is 0 Å². The van der Waals surface area contributed by atoms with Crippen molar-refractivity contribution in [3.05, 3.63) is 35.4 Å². The van der Waals surface area contributed by atoms with E-state index in [9.17, 15) is 4.79 Å². The van der Waals surface area contributed by atoms with Gasteiger partial charge in [-0.05, 0) is 12.5 Å². The Morgan fingerprint density at radius 3 is 2.27 bits per heavy atom. The van der Waals surface area contributed by atoms with Gasteiger partial charge in [0, 0.05) is 6.42 Å². The average molecular weight is 259 g/mol. The van der Waals surface area contributed by atoms with Crippen molar-refractivity contribution in [2.45, 2.75) is 19.4 Å². The van der Waals surface area contributed by atoms with Crippen molar-refractivity contribution in [2.24, 2.45) is 0 Å². The first-order valence-electron chi connectivity index (χ1n) is 4.46. The van der Waals surface area contributed by atoms with Crippen molar-refractivity contribution in [3.8, 4) is 0 Å². The molecule has 1 aromatic carbocycles.